The highest BCUT2D eigenvalue weighted by Crippen LogP contribution is 2.27. The minimum atomic E-state index is -0.0711. The molecule has 2 aromatic heterocycles. The van der Waals surface area contributed by atoms with Gasteiger partial charge in [0.05, 0.1) is 5.56 Å². The highest BCUT2D eigenvalue weighted by Gasteiger charge is 2.20. The van der Waals surface area contributed by atoms with Gasteiger partial charge >= 0.3 is 0 Å². The molecule has 29 heavy (non-hydrogen) atoms. The van der Waals surface area contributed by atoms with Crippen LogP contribution in [0.3, 0.4) is 0 Å². The molecule has 0 bridgehead atoms. The molecular formula is C24H29N3O2. The third-order valence-electron chi connectivity index (χ3n) is 5.54. The molecule has 1 N–H and O–H groups in total. The van der Waals surface area contributed by atoms with Crippen LogP contribution in [0.2, 0.25) is 0 Å². The molecule has 1 aromatic carbocycles. The van der Waals surface area contributed by atoms with Gasteiger partial charge in [0.25, 0.3) is 5.91 Å². The predicted molar refractivity (Wildman–Crippen MR) is 116 cm³/mol. The average Bonchev–Trinajstić information content (AvgIpc) is 3.38. The molecule has 0 saturated carbocycles. The van der Waals surface area contributed by atoms with Crippen molar-refractivity contribution in [3.05, 3.63) is 59.0 Å². The van der Waals surface area contributed by atoms with E-state index < -0.39 is 0 Å². The van der Waals surface area contributed by atoms with E-state index in [1.165, 1.54) is 12.8 Å². The predicted octanol–water partition coefficient (Wildman–Crippen LogP) is 5.01. The molecule has 0 aliphatic carbocycles. The van der Waals surface area contributed by atoms with E-state index in [9.17, 15) is 4.79 Å². The lowest BCUT2D eigenvalue weighted by Gasteiger charge is -2.18. The summed E-state index contributed by atoms with van der Waals surface area (Å²) in [5.41, 5.74) is 3.52. The second kappa shape index (κ2) is 8.68. The summed E-state index contributed by atoms with van der Waals surface area (Å²) in [5.74, 6) is 1.73. The number of furan rings is 1. The molecule has 0 spiro atoms. The zero-order valence-electron chi connectivity index (χ0n) is 17.3. The quantitative estimate of drug-likeness (QED) is 0.615. The number of pyridine rings is 1. The fraction of sp³-hybridized carbons (Fsp3) is 0.417. The summed E-state index contributed by atoms with van der Waals surface area (Å²) in [5, 5.41) is 4.00. The van der Waals surface area contributed by atoms with Crippen molar-refractivity contribution < 1.29 is 9.21 Å². The highest BCUT2D eigenvalue weighted by molar-refractivity contribution is 6.07. The number of aromatic nitrogens is 1. The minimum Gasteiger partial charge on any atom is -0.460 e. The van der Waals surface area contributed by atoms with Gasteiger partial charge in [-0.15, -0.1) is 0 Å². The van der Waals surface area contributed by atoms with Crippen molar-refractivity contribution in [3.63, 3.8) is 0 Å². The Hall–Kier alpha value is -2.82. The first-order valence-electron chi connectivity index (χ1n) is 10.7. The van der Waals surface area contributed by atoms with Gasteiger partial charge in [0.15, 0.2) is 0 Å². The van der Waals surface area contributed by atoms with Crippen LogP contribution in [0.1, 0.15) is 60.0 Å². The summed E-state index contributed by atoms with van der Waals surface area (Å²) in [7, 11) is 0. The molecule has 3 heterocycles. The summed E-state index contributed by atoms with van der Waals surface area (Å²) in [6, 6.07) is 11.9. The first kappa shape index (κ1) is 19.5. The average molecular weight is 392 g/mol. The van der Waals surface area contributed by atoms with E-state index in [1.807, 2.05) is 37.3 Å². The number of nitrogens with one attached hydrogen (secondary N) is 1. The lowest BCUT2D eigenvalue weighted by atomic mass is 10.1. The number of amides is 1. The molecule has 4 rings (SSSR count). The van der Waals surface area contributed by atoms with Crippen molar-refractivity contribution >= 4 is 22.7 Å². The van der Waals surface area contributed by atoms with Crippen LogP contribution in [0.15, 0.2) is 40.8 Å². The number of nitrogens with zero attached hydrogens (tertiary/aromatic N) is 2. The van der Waals surface area contributed by atoms with Crippen LogP contribution in [0, 0.1) is 6.92 Å². The van der Waals surface area contributed by atoms with Gasteiger partial charge in [0.1, 0.15) is 17.2 Å². The number of hydrogen-bond acceptors (Lipinski definition) is 4. The van der Waals surface area contributed by atoms with Gasteiger partial charge in [0, 0.05) is 37.1 Å². The van der Waals surface area contributed by atoms with Gasteiger partial charge in [-0.25, -0.2) is 4.98 Å². The summed E-state index contributed by atoms with van der Waals surface area (Å²) in [6.45, 7) is 6.76. The Morgan fingerprint density at radius 2 is 2.00 bits per heavy atom. The van der Waals surface area contributed by atoms with Gasteiger partial charge in [-0.05, 0) is 49.9 Å². The Labute approximate surface area is 172 Å². The number of benzene rings is 1. The lowest BCUT2D eigenvalue weighted by Crippen LogP contribution is -2.24. The van der Waals surface area contributed by atoms with E-state index in [0.29, 0.717) is 12.1 Å². The zero-order chi connectivity index (χ0) is 20.2. The van der Waals surface area contributed by atoms with Crippen LogP contribution in [-0.2, 0) is 13.0 Å². The fourth-order valence-corrected chi connectivity index (χ4v) is 4.06. The number of rotatable bonds is 7. The van der Waals surface area contributed by atoms with Crippen LogP contribution in [0.4, 0.5) is 5.82 Å². The van der Waals surface area contributed by atoms with E-state index in [4.69, 9.17) is 4.42 Å². The number of carbonyl (C=O) groups is 1. The Morgan fingerprint density at radius 3 is 2.79 bits per heavy atom. The normalized spacial score (nSPS) is 13.9. The summed E-state index contributed by atoms with van der Waals surface area (Å²) < 4.78 is 6.00. The number of unbranched alkanes of at least 4 members (excludes halogenated alkanes) is 1. The maximum absolute atomic E-state index is 13.1. The molecular weight excluding hydrogens is 362 g/mol. The van der Waals surface area contributed by atoms with E-state index in [1.54, 1.807) is 0 Å². The van der Waals surface area contributed by atoms with Crippen LogP contribution in [-0.4, -0.2) is 24.0 Å². The fourth-order valence-electron chi connectivity index (χ4n) is 4.06. The number of fused-ring (bicyclic) bond motifs is 1. The number of hydrogen-bond donors (Lipinski definition) is 1. The van der Waals surface area contributed by atoms with Crippen molar-refractivity contribution in [2.45, 2.75) is 52.5 Å². The molecule has 1 amide bonds. The molecule has 5 heteroatoms. The second-order valence-corrected chi connectivity index (χ2v) is 7.85. The maximum Gasteiger partial charge on any atom is 0.255 e. The second-order valence-electron chi connectivity index (χ2n) is 7.85. The van der Waals surface area contributed by atoms with Crippen molar-refractivity contribution in [1.29, 1.82) is 0 Å². The van der Waals surface area contributed by atoms with Crippen molar-refractivity contribution in [2.75, 3.05) is 18.0 Å². The number of para-hydroxylation sites is 1. The molecule has 0 radical (unpaired) electrons. The molecule has 1 aliphatic rings. The van der Waals surface area contributed by atoms with Crippen LogP contribution in [0.5, 0.6) is 0 Å². The zero-order valence-corrected chi connectivity index (χ0v) is 17.3. The Morgan fingerprint density at radius 1 is 1.21 bits per heavy atom. The summed E-state index contributed by atoms with van der Waals surface area (Å²) >= 11 is 0. The number of carbonyl (C=O) groups excluding carboxylic acids is 1. The molecule has 152 valence electrons. The van der Waals surface area contributed by atoms with Crippen molar-refractivity contribution in [3.8, 4) is 0 Å². The molecule has 1 saturated heterocycles. The first-order valence-corrected chi connectivity index (χ1v) is 10.7. The molecule has 1 aliphatic heterocycles. The summed E-state index contributed by atoms with van der Waals surface area (Å²) in [6.07, 6.45) is 5.28. The lowest BCUT2D eigenvalue weighted by molar-refractivity contribution is 0.0950. The molecule has 1 fully saturated rings. The minimum absolute atomic E-state index is 0.0711. The van der Waals surface area contributed by atoms with Crippen LogP contribution >= 0.6 is 0 Å². The number of anilines is 1. The van der Waals surface area contributed by atoms with Gasteiger partial charge < -0.3 is 14.6 Å². The van der Waals surface area contributed by atoms with E-state index >= 15 is 0 Å². The SMILES string of the molecule is CCCCc1oc2ccccc2c1C(=O)NCc1cc(C)nc(N2CCCC2)c1. The van der Waals surface area contributed by atoms with E-state index in [2.05, 4.69) is 28.2 Å². The maximum atomic E-state index is 13.1. The Kier molecular flexibility index (Phi) is 5.84. The number of aryl methyl sites for hydroxylation is 2. The molecule has 0 atom stereocenters. The third-order valence-corrected chi connectivity index (χ3v) is 5.54. The molecule has 5 nitrogen and oxygen atoms in total. The highest BCUT2D eigenvalue weighted by atomic mass is 16.3. The topological polar surface area (TPSA) is 58.4 Å². The first-order chi connectivity index (χ1) is 14.2. The Bertz CT molecular complexity index is 1000. The van der Waals surface area contributed by atoms with Gasteiger partial charge in [-0.3, -0.25) is 4.79 Å². The monoisotopic (exact) mass is 391 g/mol. The van der Waals surface area contributed by atoms with Gasteiger partial charge in [0.2, 0.25) is 0 Å². The smallest absolute Gasteiger partial charge is 0.255 e. The van der Waals surface area contributed by atoms with Gasteiger partial charge in [-0.2, -0.15) is 0 Å². The van der Waals surface area contributed by atoms with Crippen LogP contribution in [0.25, 0.3) is 11.0 Å². The largest absolute Gasteiger partial charge is 0.460 e. The Balaban J connectivity index is 1.54. The van der Waals surface area contributed by atoms with Gasteiger partial charge in [-0.1, -0.05) is 31.5 Å². The van der Waals surface area contributed by atoms with E-state index in [0.717, 1.165) is 66.2 Å². The summed E-state index contributed by atoms with van der Waals surface area (Å²) in [4.78, 5) is 20.1. The third kappa shape index (κ3) is 4.29. The van der Waals surface area contributed by atoms with Crippen molar-refractivity contribution in [1.82, 2.24) is 10.3 Å². The standard InChI is InChI=1S/C24H29N3O2/c1-3-4-10-21-23(19-9-5-6-11-20(19)29-21)24(28)25-16-18-14-17(2)26-22(15-18)27-12-7-8-13-27/h5-6,9,11,14-15H,3-4,7-8,10,12-13,16H2,1-2H3,(H,25,28). The molecule has 0 unspecified atom stereocenters. The molecule has 3 aromatic rings. The van der Waals surface area contributed by atoms with E-state index in [-0.39, 0.29) is 5.91 Å². The van der Waals surface area contributed by atoms with Crippen LogP contribution < -0.4 is 10.2 Å². The van der Waals surface area contributed by atoms with Crippen molar-refractivity contribution in [2.24, 2.45) is 0 Å².